The van der Waals surface area contributed by atoms with Crippen LogP contribution in [0.5, 0.6) is 5.75 Å². The maximum Gasteiger partial charge on any atom is 0.148 e. The summed E-state index contributed by atoms with van der Waals surface area (Å²) in [5.41, 5.74) is 7.88. The van der Waals surface area contributed by atoms with E-state index in [-0.39, 0.29) is 5.69 Å². The Morgan fingerprint density at radius 3 is 2.79 bits per heavy atom. The van der Waals surface area contributed by atoms with Crippen molar-refractivity contribution in [3.8, 4) is 5.75 Å². The number of rotatable bonds is 4. The highest BCUT2D eigenvalue weighted by Gasteiger charge is 2.12. The van der Waals surface area contributed by atoms with Gasteiger partial charge in [-0.25, -0.2) is 4.39 Å². The van der Waals surface area contributed by atoms with Crippen LogP contribution < -0.4 is 15.8 Å². The van der Waals surface area contributed by atoms with Gasteiger partial charge in [0.25, 0.3) is 0 Å². The predicted molar refractivity (Wildman–Crippen MR) is 73.2 cm³/mol. The van der Waals surface area contributed by atoms with Crippen molar-refractivity contribution in [1.82, 2.24) is 9.78 Å². The third-order valence-corrected chi connectivity index (χ3v) is 2.83. The van der Waals surface area contributed by atoms with E-state index in [2.05, 4.69) is 10.4 Å². The SMILES string of the molecule is CCc1nn(C)cc1Nc1cc(OC)c(N)cc1F. The molecule has 1 heterocycles. The molecule has 0 spiro atoms. The van der Waals surface area contributed by atoms with Gasteiger partial charge in [0.1, 0.15) is 11.6 Å². The molecule has 1 aromatic carbocycles. The molecule has 2 aromatic rings. The first-order valence-corrected chi connectivity index (χ1v) is 5.97. The molecule has 6 heteroatoms. The third-order valence-electron chi connectivity index (χ3n) is 2.83. The van der Waals surface area contributed by atoms with E-state index in [1.807, 2.05) is 14.0 Å². The zero-order chi connectivity index (χ0) is 14.0. The van der Waals surface area contributed by atoms with Crippen LogP contribution in [0.3, 0.4) is 0 Å². The van der Waals surface area contributed by atoms with Crippen LogP contribution >= 0.6 is 0 Å². The number of anilines is 3. The van der Waals surface area contributed by atoms with Crippen molar-refractivity contribution in [2.24, 2.45) is 7.05 Å². The molecule has 0 aliphatic heterocycles. The summed E-state index contributed by atoms with van der Waals surface area (Å²) in [6.07, 6.45) is 2.57. The van der Waals surface area contributed by atoms with Crippen LogP contribution in [-0.2, 0) is 13.5 Å². The van der Waals surface area contributed by atoms with E-state index < -0.39 is 5.82 Å². The van der Waals surface area contributed by atoms with Gasteiger partial charge in [-0.3, -0.25) is 4.68 Å². The third kappa shape index (κ3) is 2.62. The second kappa shape index (κ2) is 5.17. The number of halogens is 1. The largest absolute Gasteiger partial charge is 0.495 e. The minimum absolute atomic E-state index is 0.271. The Kier molecular flexibility index (Phi) is 3.59. The molecule has 0 aliphatic carbocycles. The Bertz CT molecular complexity index is 595. The van der Waals surface area contributed by atoms with Gasteiger partial charge in [0.15, 0.2) is 0 Å². The fraction of sp³-hybridized carbons (Fsp3) is 0.308. The number of benzene rings is 1. The first-order valence-electron chi connectivity index (χ1n) is 5.97. The molecule has 5 nitrogen and oxygen atoms in total. The summed E-state index contributed by atoms with van der Waals surface area (Å²) in [6.45, 7) is 1.99. The minimum atomic E-state index is -0.427. The summed E-state index contributed by atoms with van der Waals surface area (Å²) in [5, 5.41) is 7.31. The van der Waals surface area contributed by atoms with E-state index in [0.717, 1.165) is 17.8 Å². The molecule has 3 N–H and O–H groups in total. The fourth-order valence-corrected chi connectivity index (χ4v) is 1.89. The Morgan fingerprint density at radius 2 is 2.16 bits per heavy atom. The van der Waals surface area contributed by atoms with Gasteiger partial charge in [0.05, 0.1) is 29.9 Å². The van der Waals surface area contributed by atoms with Crippen LogP contribution in [0.1, 0.15) is 12.6 Å². The molecule has 0 bridgehead atoms. The van der Waals surface area contributed by atoms with Crippen molar-refractivity contribution in [3.05, 3.63) is 29.8 Å². The van der Waals surface area contributed by atoms with E-state index >= 15 is 0 Å². The molecule has 1 aromatic heterocycles. The fourth-order valence-electron chi connectivity index (χ4n) is 1.89. The van der Waals surface area contributed by atoms with Crippen molar-refractivity contribution in [1.29, 1.82) is 0 Å². The standard InChI is InChI=1S/C13H17FN4O/c1-4-10-12(7-18(2)17-10)16-11-6-13(19-3)9(15)5-8(11)14/h5-7,16H,4,15H2,1-3H3. The maximum atomic E-state index is 13.9. The number of nitrogens with two attached hydrogens (primary N) is 1. The van der Waals surface area contributed by atoms with Gasteiger partial charge >= 0.3 is 0 Å². The van der Waals surface area contributed by atoms with Gasteiger partial charge < -0.3 is 15.8 Å². The number of methoxy groups -OCH3 is 1. The topological polar surface area (TPSA) is 65.1 Å². The quantitative estimate of drug-likeness (QED) is 0.832. The van der Waals surface area contributed by atoms with Crippen LogP contribution in [0.2, 0.25) is 0 Å². The monoisotopic (exact) mass is 264 g/mol. The summed E-state index contributed by atoms with van der Waals surface area (Å²) in [5.74, 6) is 0.00930. The molecule has 0 saturated carbocycles. The average molecular weight is 264 g/mol. The lowest BCUT2D eigenvalue weighted by atomic mass is 10.2. The smallest absolute Gasteiger partial charge is 0.148 e. The molecule has 0 aliphatic rings. The summed E-state index contributed by atoms with van der Waals surface area (Å²) >= 11 is 0. The van der Waals surface area contributed by atoms with Crippen LogP contribution in [0.4, 0.5) is 21.5 Å². The van der Waals surface area contributed by atoms with E-state index in [9.17, 15) is 4.39 Å². The molecule has 0 saturated heterocycles. The molecule has 19 heavy (non-hydrogen) atoms. The Morgan fingerprint density at radius 1 is 1.42 bits per heavy atom. The molecule has 0 radical (unpaired) electrons. The number of nitrogens with one attached hydrogen (secondary N) is 1. The number of ether oxygens (including phenoxy) is 1. The van der Waals surface area contributed by atoms with E-state index in [1.165, 1.54) is 19.2 Å². The van der Waals surface area contributed by atoms with Gasteiger partial charge in [0, 0.05) is 25.4 Å². The summed E-state index contributed by atoms with van der Waals surface area (Å²) < 4.78 is 20.6. The highest BCUT2D eigenvalue weighted by molar-refractivity contribution is 5.68. The zero-order valence-electron chi connectivity index (χ0n) is 11.2. The molecule has 0 fully saturated rings. The lowest BCUT2D eigenvalue weighted by Crippen LogP contribution is -1.99. The van der Waals surface area contributed by atoms with Crippen molar-refractivity contribution in [2.75, 3.05) is 18.2 Å². The van der Waals surface area contributed by atoms with Gasteiger partial charge in [-0.05, 0) is 6.42 Å². The summed E-state index contributed by atoms with van der Waals surface area (Å²) in [4.78, 5) is 0. The number of aromatic nitrogens is 2. The number of nitrogens with zero attached hydrogens (tertiary/aromatic N) is 2. The Labute approximate surface area is 111 Å². The first-order chi connectivity index (χ1) is 9.05. The number of hydrogen-bond donors (Lipinski definition) is 2. The van der Waals surface area contributed by atoms with Gasteiger partial charge in [0.2, 0.25) is 0 Å². The molecule has 0 unspecified atom stereocenters. The van der Waals surface area contributed by atoms with Crippen molar-refractivity contribution in [3.63, 3.8) is 0 Å². The zero-order valence-corrected chi connectivity index (χ0v) is 11.2. The predicted octanol–water partition coefficient (Wildman–Crippen LogP) is 2.46. The lowest BCUT2D eigenvalue weighted by Gasteiger charge is -2.11. The molecule has 0 amide bonds. The van der Waals surface area contributed by atoms with Crippen molar-refractivity contribution in [2.45, 2.75) is 13.3 Å². The number of nitrogen functional groups attached to an aromatic ring is 1. The Balaban J connectivity index is 2.37. The summed E-state index contributed by atoms with van der Waals surface area (Å²) in [7, 11) is 3.32. The van der Waals surface area contributed by atoms with Gasteiger partial charge in [-0.2, -0.15) is 5.10 Å². The number of aryl methyl sites for hydroxylation is 2. The van der Waals surface area contributed by atoms with Crippen molar-refractivity contribution >= 4 is 17.1 Å². The second-order valence-corrected chi connectivity index (χ2v) is 4.22. The number of hydrogen-bond acceptors (Lipinski definition) is 4. The van der Waals surface area contributed by atoms with E-state index in [1.54, 1.807) is 10.9 Å². The lowest BCUT2D eigenvalue weighted by molar-refractivity contribution is 0.416. The van der Waals surface area contributed by atoms with Crippen molar-refractivity contribution < 1.29 is 9.13 Å². The maximum absolute atomic E-state index is 13.9. The molecular formula is C13H17FN4O. The van der Waals surface area contributed by atoms with E-state index in [0.29, 0.717) is 11.4 Å². The average Bonchev–Trinajstić information content (AvgIpc) is 2.73. The van der Waals surface area contributed by atoms with Gasteiger partial charge in [-0.1, -0.05) is 6.92 Å². The second-order valence-electron chi connectivity index (χ2n) is 4.22. The van der Waals surface area contributed by atoms with Crippen LogP contribution in [0.25, 0.3) is 0 Å². The normalized spacial score (nSPS) is 10.5. The highest BCUT2D eigenvalue weighted by atomic mass is 19.1. The molecule has 2 rings (SSSR count). The van der Waals surface area contributed by atoms with Gasteiger partial charge in [-0.15, -0.1) is 0 Å². The van der Waals surface area contributed by atoms with Crippen LogP contribution in [0, 0.1) is 5.82 Å². The first kappa shape index (κ1) is 13.2. The molecule has 0 atom stereocenters. The minimum Gasteiger partial charge on any atom is -0.495 e. The van der Waals surface area contributed by atoms with E-state index in [4.69, 9.17) is 10.5 Å². The molecule has 102 valence electrons. The highest BCUT2D eigenvalue weighted by Crippen LogP contribution is 2.30. The Hall–Kier alpha value is -2.24. The van der Waals surface area contributed by atoms with Crippen LogP contribution in [0.15, 0.2) is 18.3 Å². The summed E-state index contributed by atoms with van der Waals surface area (Å²) in [6, 6.07) is 2.78. The van der Waals surface area contributed by atoms with Crippen LogP contribution in [-0.4, -0.2) is 16.9 Å². The molecular weight excluding hydrogens is 247 g/mol.